The minimum absolute atomic E-state index is 0.0713. The maximum absolute atomic E-state index is 11.1. The van der Waals surface area contributed by atoms with E-state index in [1.54, 1.807) is 0 Å². The van der Waals surface area contributed by atoms with Crippen molar-refractivity contribution in [1.29, 1.82) is 0 Å². The maximum atomic E-state index is 11.1. The van der Waals surface area contributed by atoms with Crippen molar-refractivity contribution in [2.24, 2.45) is 0 Å². The van der Waals surface area contributed by atoms with Crippen molar-refractivity contribution in [1.82, 2.24) is 4.98 Å². The molecule has 82 valence electrons. The van der Waals surface area contributed by atoms with Gasteiger partial charge in [-0.05, 0) is 12.1 Å². The normalized spacial score (nSPS) is 9.73. The number of anilines is 1. The molecule has 3 N–H and O–H groups in total. The molecule has 0 fully saturated rings. The van der Waals surface area contributed by atoms with E-state index in [-0.39, 0.29) is 24.8 Å². The zero-order chi connectivity index (χ0) is 11.3. The Hall–Kier alpha value is -1.82. The molecule has 15 heavy (non-hydrogen) atoms. The van der Waals surface area contributed by atoms with Gasteiger partial charge in [-0.3, -0.25) is 0 Å². The van der Waals surface area contributed by atoms with Gasteiger partial charge in [0.15, 0.2) is 5.69 Å². The summed E-state index contributed by atoms with van der Waals surface area (Å²) in [6, 6.07) is 2.93. The van der Waals surface area contributed by atoms with Crippen LogP contribution in [0.3, 0.4) is 0 Å². The van der Waals surface area contributed by atoms with E-state index in [9.17, 15) is 4.79 Å². The van der Waals surface area contributed by atoms with E-state index in [0.29, 0.717) is 5.69 Å². The molecule has 0 bridgehead atoms. The average Bonchev–Trinajstić information content (AvgIpc) is 2.27. The summed E-state index contributed by atoms with van der Waals surface area (Å²) in [4.78, 5) is 15.0. The van der Waals surface area contributed by atoms with Crippen LogP contribution in [0.2, 0.25) is 0 Å². The van der Waals surface area contributed by atoms with Crippen LogP contribution < -0.4 is 10.5 Å². The van der Waals surface area contributed by atoms with Gasteiger partial charge in [-0.15, -0.1) is 0 Å². The number of esters is 1. The van der Waals surface area contributed by atoms with E-state index < -0.39 is 5.97 Å². The number of nitrogens with two attached hydrogens (primary N) is 1. The van der Waals surface area contributed by atoms with Crippen molar-refractivity contribution in [3.63, 3.8) is 0 Å². The maximum Gasteiger partial charge on any atom is 0.356 e. The third kappa shape index (κ3) is 2.81. The number of hydrogen-bond donors (Lipinski definition) is 2. The highest BCUT2D eigenvalue weighted by atomic mass is 16.5. The largest absolute Gasteiger partial charge is 0.474 e. The van der Waals surface area contributed by atoms with Gasteiger partial charge in [-0.2, -0.15) is 0 Å². The Bertz CT molecular complexity index is 354. The lowest BCUT2D eigenvalue weighted by Gasteiger charge is -2.07. The van der Waals surface area contributed by atoms with Crippen LogP contribution in [0.1, 0.15) is 10.5 Å². The molecule has 0 saturated heterocycles. The first-order chi connectivity index (χ1) is 7.19. The molecular formula is C9H12N2O4. The molecule has 1 rings (SSSR count). The molecule has 0 aromatic carbocycles. The van der Waals surface area contributed by atoms with E-state index in [2.05, 4.69) is 9.72 Å². The van der Waals surface area contributed by atoms with Crippen LogP contribution in [-0.2, 0) is 4.74 Å². The molecule has 1 aromatic heterocycles. The lowest BCUT2D eigenvalue weighted by Crippen LogP contribution is -2.09. The van der Waals surface area contributed by atoms with Gasteiger partial charge >= 0.3 is 5.97 Å². The second-order valence-corrected chi connectivity index (χ2v) is 2.65. The molecule has 0 aliphatic rings. The molecule has 1 heterocycles. The summed E-state index contributed by atoms with van der Waals surface area (Å²) >= 11 is 0. The summed E-state index contributed by atoms with van der Waals surface area (Å²) in [5.41, 5.74) is 5.96. The van der Waals surface area contributed by atoms with E-state index in [1.165, 1.54) is 19.2 Å². The van der Waals surface area contributed by atoms with Gasteiger partial charge in [0.1, 0.15) is 6.61 Å². The number of carbonyl (C=O) groups is 1. The van der Waals surface area contributed by atoms with Crippen molar-refractivity contribution in [2.75, 3.05) is 26.1 Å². The molecular weight excluding hydrogens is 200 g/mol. The fourth-order valence-electron chi connectivity index (χ4n) is 0.927. The Kier molecular flexibility index (Phi) is 3.87. The molecule has 0 amide bonds. The quantitative estimate of drug-likeness (QED) is 0.672. The highest BCUT2D eigenvalue weighted by molar-refractivity contribution is 5.87. The number of ether oxygens (including phenoxy) is 2. The van der Waals surface area contributed by atoms with Crippen LogP contribution in [0.25, 0.3) is 0 Å². The lowest BCUT2D eigenvalue weighted by atomic mass is 10.3. The second kappa shape index (κ2) is 5.16. The first-order valence-corrected chi connectivity index (χ1v) is 4.27. The molecule has 0 unspecified atom stereocenters. The number of aromatic nitrogens is 1. The smallest absolute Gasteiger partial charge is 0.356 e. The average molecular weight is 212 g/mol. The van der Waals surface area contributed by atoms with Crippen LogP contribution in [-0.4, -0.2) is 36.4 Å². The number of nitrogen functional groups attached to an aromatic ring is 1. The molecule has 0 atom stereocenters. The third-order valence-corrected chi connectivity index (χ3v) is 1.61. The monoisotopic (exact) mass is 212 g/mol. The molecule has 1 aromatic rings. The fraction of sp³-hybridized carbons (Fsp3) is 0.333. The van der Waals surface area contributed by atoms with Gasteiger partial charge in [0.2, 0.25) is 5.88 Å². The number of nitrogens with zero attached hydrogens (tertiary/aromatic N) is 1. The van der Waals surface area contributed by atoms with Gasteiger partial charge in [0.25, 0.3) is 0 Å². The molecule has 0 spiro atoms. The van der Waals surface area contributed by atoms with Crippen molar-refractivity contribution in [3.8, 4) is 5.88 Å². The van der Waals surface area contributed by atoms with E-state index in [1.807, 2.05) is 0 Å². The summed E-state index contributed by atoms with van der Waals surface area (Å²) in [5, 5.41) is 8.56. The van der Waals surface area contributed by atoms with Crippen molar-refractivity contribution in [2.45, 2.75) is 0 Å². The molecule has 0 aliphatic carbocycles. The standard InChI is InChI=1S/C9H12N2O4/c1-14-9(13)7-3-2-6(10)8(11-7)15-5-4-12/h2-3,12H,4-5,10H2,1H3. The predicted molar refractivity (Wildman–Crippen MR) is 52.6 cm³/mol. The first kappa shape index (κ1) is 11.3. The summed E-state index contributed by atoms with van der Waals surface area (Å²) in [7, 11) is 1.26. The minimum Gasteiger partial charge on any atom is -0.474 e. The van der Waals surface area contributed by atoms with Crippen LogP contribution in [0, 0.1) is 0 Å². The number of aliphatic hydroxyl groups excluding tert-OH is 1. The molecule has 6 nitrogen and oxygen atoms in total. The Balaban J connectivity index is 2.89. The van der Waals surface area contributed by atoms with E-state index in [0.717, 1.165) is 0 Å². The van der Waals surface area contributed by atoms with E-state index in [4.69, 9.17) is 15.6 Å². The van der Waals surface area contributed by atoms with Crippen LogP contribution >= 0.6 is 0 Å². The van der Waals surface area contributed by atoms with Crippen molar-refractivity contribution >= 4 is 11.7 Å². The Labute approximate surface area is 86.6 Å². The lowest BCUT2D eigenvalue weighted by molar-refractivity contribution is 0.0592. The van der Waals surface area contributed by atoms with Crippen LogP contribution in [0.15, 0.2) is 12.1 Å². The molecule has 0 saturated carbocycles. The SMILES string of the molecule is COC(=O)c1ccc(N)c(OCCO)n1. The zero-order valence-electron chi connectivity index (χ0n) is 8.27. The van der Waals surface area contributed by atoms with Crippen molar-refractivity contribution in [3.05, 3.63) is 17.8 Å². The van der Waals surface area contributed by atoms with Gasteiger partial charge in [0, 0.05) is 0 Å². The number of pyridine rings is 1. The first-order valence-electron chi connectivity index (χ1n) is 4.27. The summed E-state index contributed by atoms with van der Waals surface area (Å²) < 4.78 is 9.52. The zero-order valence-corrected chi connectivity index (χ0v) is 8.27. The number of aliphatic hydroxyl groups is 1. The number of carbonyl (C=O) groups excluding carboxylic acids is 1. The molecule has 6 heteroatoms. The Morgan fingerprint density at radius 3 is 2.93 bits per heavy atom. The van der Waals surface area contributed by atoms with E-state index >= 15 is 0 Å². The predicted octanol–water partition coefficient (Wildman–Crippen LogP) is -0.179. The highest BCUT2D eigenvalue weighted by Gasteiger charge is 2.10. The topological polar surface area (TPSA) is 94.7 Å². The van der Waals surface area contributed by atoms with Gasteiger partial charge < -0.3 is 20.3 Å². The number of hydrogen-bond acceptors (Lipinski definition) is 6. The Morgan fingerprint density at radius 2 is 2.33 bits per heavy atom. The number of rotatable bonds is 4. The summed E-state index contributed by atoms with van der Waals surface area (Å²) in [6.45, 7) is -0.0780. The fourth-order valence-corrected chi connectivity index (χ4v) is 0.927. The summed E-state index contributed by atoms with van der Waals surface area (Å²) in [6.07, 6.45) is 0. The van der Waals surface area contributed by atoms with Crippen LogP contribution in [0.5, 0.6) is 5.88 Å². The highest BCUT2D eigenvalue weighted by Crippen LogP contribution is 2.18. The molecule has 0 radical (unpaired) electrons. The van der Waals surface area contributed by atoms with Crippen LogP contribution in [0.4, 0.5) is 5.69 Å². The van der Waals surface area contributed by atoms with Gasteiger partial charge in [-0.1, -0.05) is 0 Å². The Morgan fingerprint density at radius 1 is 1.60 bits per heavy atom. The second-order valence-electron chi connectivity index (χ2n) is 2.65. The van der Waals surface area contributed by atoms with Crippen molar-refractivity contribution < 1.29 is 19.4 Å². The molecule has 0 aliphatic heterocycles. The van der Waals surface area contributed by atoms with Gasteiger partial charge in [0.05, 0.1) is 19.4 Å². The third-order valence-electron chi connectivity index (χ3n) is 1.61. The number of methoxy groups -OCH3 is 1. The summed E-state index contributed by atoms with van der Waals surface area (Å²) in [5.74, 6) is -0.448. The minimum atomic E-state index is -0.566. The van der Waals surface area contributed by atoms with Gasteiger partial charge in [-0.25, -0.2) is 9.78 Å².